The summed E-state index contributed by atoms with van der Waals surface area (Å²) < 4.78 is 52.4. The molecule has 0 spiro atoms. The molecular formula is C21H20F3N3O4S. The first-order chi connectivity index (χ1) is 15.3. The van der Waals surface area contributed by atoms with Gasteiger partial charge in [-0.25, -0.2) is 4.98 Å². The van der Waals surface area contributed by atoms with E-state index in [2.05, 4.69) is 9.72 Å². The van der Waals surface area contributed by atoms with Crippen molar-refractivity contribution < 1.29 is 32.2 Å². The highest BCUT2D eigenvalue weighted by Crippen LogP contribution is 2.33. The van der Waals surface area contributed by atoms with E-state index in [0.717, 1.165) is 0 Å². The topological polar surface area (TPSA) is 64.1 Å². The van der Waals surface area contributed by atoms with Gasteiger partial charge in [0, 0.05) is 43.9 Å². The largest absolute Gasteiger partial charge is 0.573 e. The molecule has 2 heterocycles. The van der Waals surface area contributed by atoms with Gasteiger partial charge in [-0.2, -0.15) is 0 Å². The van der Waals surface area contributed by atoms with Crippen LogP contribution in [-0.4, -0.2) is 62.6 Å². The van der Waals surface area contributed by atoms with E-state index in [0.29, 0.717) is 58.6 Å². The number of fused-ring (bicyclic) bond motifs is 1. The highest BCUT2D eigenvalue weighted by atomic mass is 32.1. The van der Waals surface area contributed by atoms with Gasteiger partial charge in [0.25, 0.3) is 5.91 Å². The molecule has 1 fully saturated rings. The fourth-order valence-electron chi connectivity index (χ4n) is 3.44. The number of ether oxygens (including phenoxy) is 3. The summed E-state index contributed by atoms with van der Waals surface area (Å²) in [6.07, 6.45) is -4.74. The molecule has 170 valence electrons. The second-order valence-electron chi connectivity index (χ2n) is 7.05. The zero-order chi connectivity index (χ0) is 22.9. The smallest absolute Gasteiger partial charge is 0.497 e. The van der Waals surface area contributed by atoms with Crippen LogP contribution in [-0.2, 0) is 0 Å². The number of nitrogens with zero attached hydrogens (tertiary/aromatic N) is 3. The van der Waals surface area contributed by atoms with Crippen molar-refractivity contribution in [2.45, 2.75) is 6.36 Å². The molecule has 1 aliphatic heterocycles. The van der Waals surface area contributed by atoms with Crippen LogP contribution in [0, 0.1) is 0 Å². The van der Waals surface area contributed by atoms with Crippen molar-refractivity contribution in [1.29, 1.82) is 0 Å². The van der Waals surface area contributed by atoms with Crippen LogP contribution in [0.3, 0.4) is 0 Å². The fourth-order valence-corrected chi connectivity index (χ4v) is 4.49. The minimum Gasteiger partial charge on any atom is -0.497 e. The fraction of sp³-hybridized carbons (Fsp3) is 0.333. The summed E-state index contributed by atoms with van der Waals surface area (Å²) in [7, 11) is 3.05. The Balaban J connectivity index is 1.44. The number of hydrogen-bond acceptors (Lipinski definition) is 7. The number of benzene rings is 2. The first-order valence-electron chi connectivity index (χ1n) is 9.69. The SMILES string of the molecule is COc1cc(OC)cc(C(=O)N2CCN(c3nc4ccc(OC(F)(F)F)cc4s3)CC2)c1. The summed E-state index contributed by atoms with van der Waals surface area (Å²) in [4.78, 5) is 21.2. The van der Waals surface area contributed by atoms with E-state index >= 15 is 0 Å². The Morgan fingerprint density at radius 1 is 0.969 bits per heavy atom. The molecule has 0 atom stereocenters. The van der Waals surface area contributed by atoms with Crippen LogP contribution in [0.2, 0.25) is 0 Å². The highest BCUT2D eigenvalue weighted by molar-refractivity contribution is 7.22. The number of rotatable bonds is 5. The first kappa shape index (κ1) is 22.0. The van der Waals surface area contributed by atoms with Crippen LogP contribution in [0.4, 0.5) is 18.3 Å². The number of anilines is 1. The minimum atomic E-state index is -4.74. The van der Waals surface area contributed by atoms with Crippen LogP contribution in [0.1, 0.15) is 10.4 Å². The number of hydrogen-bond donors (Lipinski definition) is 0. The van der Waals surface area contributed by atoms with Gasteiger partial charge in [0.1, 0.15) is 17.2 Å². The average molecular weight is 467 g/mol. The second-order valence-corrected chi connectivity index (χ2v) is 8.06. The summed E-state index contributed by atoms with van der Waals surface area (Å²) in [6.45, 7) is 2.07. The molecule has 4 rings (SSSR count). The van der Waals surface area contributed by atoms with Gasteiger partial charge < -0.3 is 24.0 Å². The maximum absolute atomic E-state index is 12.9. The number of methoxy groups -OCH3 is 2. The van der Waals surface area contributed by atoms with Crippen molar-refractivity contribution in [2.75, 3.05) is 45.3 Å². The Kier molecular flexibility index (Phi) is 6.00. The molecule has 1 aromatic heterocycles. The monoisotopic (exact) mass is 467 g/mol. The zero-order valence-electron chi connectivity index (χ0n) is 17.3. The van der Waals surface area contributed by atoms with Gasteiger partial charge in [0.15, 0.2) is 5.13 Å². The molecule has 0 radical (unpaired) electrons. The van der Waals surface area contributed by atoms with Crippen molar-refractivity contribution in [2.24, 2.45) is 0 Å². The van der Waals surface area contributed by atoms with Gasteiger partial charge in [-0.3, -0.25) is 4.79 Å². The van der Waals surface area contributed by atoms with Crippen LogP contribution < -0.4 is 19.1 Å². The van der Waals surface area contributed by atoms with Crippen molar-refractivity contribution >= 4 is 32.6 Å². The Hall–Kier alpha value is -3.21. The molecule has 11 heteroatoms. The van der Waals surface area contributed by atoms with Crippen LogP contribution >= 0.6 is 11.3 Å². The Morgan fingerprint density at radius 3 is 2.22 bits per heavy atom. The van der Waals surface area contributed by atoms with E-state index in [-0.39, 0.29) is 11.7 Å². The second kappa shape index (κ2) is 8.73. The number of thiazole rings is 1. The van der Waals surface area contributed by atoms with Crippen LogP contribution in [0.5, 0.6) is 17.2 Å². The molecule has 3 aromatic rings. The summed E-state index contributed by atoms with van der Waals surface area (Å²) >= 11 is 1.29. The van der Waals surface area contributed by atoms with Crippen LogP contribution in [0.25, 0.3) is 10.2 Å². The number of carbonyl (C=O) groups is 1. The number of piperazine rings is 1. The molecule has 0 unspecified atom stereocenters. The standard InChI is InChI=1S/C21H20F3N3O4S/c1-29-15-9-13(10-16(11-15)30-2)19(28)26-5-7-27(8-6-26)20-25-17-4-3-14(12-18(17)32-20)31-21(22,23)24/h3-4,9-12H,5-8H2,1-2H3. The Morgan fingerprint density at radius 2 is 1.62 bits per heavy atom. The average Bonchev–Trinajstić information content (AvgIpc) is 3.20. The molecule has 0 bridgehead atoms. The van der Waals surface area contributed by atoms with Gasteiger partial charge >= 0.3 is 6.36 Å². The normalized spacial score (nSPS) is 14.5. The third-order valence-corrected chi connectivity index (χ3v) is 6.10. The van der Waals surface area contributed by atoms with Crippen molar-refractivity contribution in [3.8, 4) is 17.2 Å². The third kappa shape index (κ3) is 4.82. The van der Waals surface area contributed by atoms with Crippen molar-refractivity contribution in [1.82, 2.24) is 9.88 Å². The predicted molar refractivity (Wildman–Crippen MR) is 114 cm³/mol. The molecule has 1 aliphatic rings. The van der Waals surface area contributed by atoms with Crippen molar-refractivity contribution in [3.63, 3.8) is 0 Å². The third-order valence-electron chi connectivity index (χ3n) is 5.02. The molecule has 2 aromatic carbocycles. The molecule has 32 heavy (non-hydrogen) atoms. The van der Waals surface area contributed by atoms with E-state index < -0.39 is 6.36 Å². The Bertz CT molecular complexity index is 1100. The molecule has 0 aliphatic carbocycles. The van der Waals surface area contributed by atoms with E-state index in [9.17, 15) is 18.0 Å². The number of alkyl halides is 3. The van der Waals surface area contributed by atoms with Gasteiger partial charge in [0.2, 0.25) is 0 Å². The maximum atomic E-state index is 12.9. The summed E-state index contributed by atoms with van der Waals surface area (Å²) in [6, 6.07) is 9.13. The molecule has 0 saturated carbocycles. The van der Waals surface area contributed by atoms with E-state index in [4.69, 9.17) is 9.47 Å². The Labute approximate surface area is 185 Å². The summed E-state index contributed by atoms with van der Waals surface area (Å²) in [5, 5.41) is 0.694. The van der Waals surface area contributed by atoms with E-state index in [1.54, 1.807) is 23.1 Å². The predicted octanol–water partition coefficient (Wildman–Crippen LogP) is 4.17. The molecule has 1 amide bonds. The van der Waals surface area contributed by atoms with Gasteiger partial charge in [-0.05, 0) is 24.3 Å². The number of carbonyl (C=O) groups excluding carboxylic acids is 1. The number of halogens is 3. The van der Waals surface area contributed by atoms with E-state index in [1.165, 1.54) is 43.8 Å². The zero-order valence-corrected chi connectivity index (χ0v) is 18.1. The summed E-state index contributed by atoms with van der Waals surface area (Å²) in [5.74, 6) is 0.675. The lowest BCUT2D eigenvalue weighted by Crippen LogP contribution is -2.48. The molecule has 7 nitrogen and oxygen atoms in total. The lowest BCUT2D eigenvalue weighted by atomic mass is 10.1. The molecule has 1 saturated heterocycles. The van der Waals surface area contributed by atoms with Crippen molar-refractivity contribution in [3.05, 3.63) is 42.0 Å². The molecular weight excluding hydrogens is 447 g/mol. The maximum Gasteiger partial charge on any atom is 0.573 e. The number of amides is 1. The number of aromatic nitrogens is 1. The van der Waals surface area contributed by atoms with Gasteiger partial charge in [-0.1, -0.05) is 11.3 Å². The van der Waals surface area contributed by atoms with E-state index in [1.807, 2.05) is 4.90 Å². The first-order valence-corrected chi connectivity index (χ1v) is 10.5. The lowest BCUT2D eigenvalue weighted by molar-refractivity contribution is -0.274. The molecule has 0 N–H and O–H groups in total. The van der Waals surface area contributed by atoms with Gasteiger partial charge in [0.05, 0.1) is 24.4 Å². The minimum absolute atomic E-state index is 0.125. The summed E-state index contributed by atoms with van der Waals surface area (Å²) in [5.41, 5.74) is 1.08. The van der Waals surface area contributed by atoms with Gasteiger partial charge in [-0.15, -0.1) is 13.2 Å². The highest BCUT2D eigenvalue weighted by Gasteiger charge is 2.31. The quantitative estimate of drug-likeness (QED) is 0.561. The lowest BCUT2D eigenvalue weighted by Gasteiger charge is -2.34. The van der Waals surface area contributed by atoms with Crippen LogP contribution in [0.15, 0.2) is 36.4 Å².